The number of hydrogen-bond acceptors (Lipinski definition) is 4. The summed E-state index contributed by atoms with van der Waals surface area (Å²) >= 11 is 1.27. The summed E-state index contributed by atoms with van der Waals surface area (Å²) in [4.78, 5) is 20.9. The van der Waals surface area contributed by atoms with E-state index in [1.54, 1.807) is 6.92 Å². The second-order valence-electron chi connectivity index (χ2n) is 2.33. The van der Waals surface area contributed by atoms with Gasteiger partial charge >= 0.3 is 11.9 Å². The summed E-state index contributed by atoms with van der Waals surface area (Å²) < 4.78 is 4.39. The predicted octanol–water partition coefficient (Wildman–Crippen LogP) is 0.613. The average Bonchev–Trinajstić information content (AvgIpc) is 2.03. The fraction of sp³-hybridized carbons (Fsp3) is 0.714. The van der Waals surface area contributed by atoms with E-state index >= 15 is 0 Å². The van der Waals surface area contributed by atoms with Crippen molar-refractivity contribution in [1.82, 2.24) is 0 Å². The van der Waals surface area contributed by atoms with Crippen LogP contribution in [0.2, 0.25) is 0 Å². The molecular formula is C7H12O4S. The molecule has 0 saturated heterocycles. The van der Waals surface area contributed by atoms with E-state index in [1.807, 2.05) is 0 Å². The second-order valence-corrected chi connectivity index (χ2v) is 3.36. The molecular weight excluding hydrogens is 180 g/mol. The van der Waals surface area contributed by atoms with Crippen LogP contribution in [-0.2, 0) is 14.3 Å². The van der Waals surface area contributed by atoms with Crippen molar-refractivity contribution in [3.8, 4) is 0 Å². The van der Waals surface area contributed by atoms with E-state index in [1.165, 1.54) is 18.9 Å². The molecule has 0 rings (SSSR count). The van der Waals surface area contributed by atoms with Crippen LogP contribution in [0.4, 0.5) is 0 Å². The molecule has 0 aromatic heterocycles. The van der Waals surface area contributed by atoms with Gasteiger partial charge in [0.15, 0.2) is 0 Å². The lowest BCUT2D eigenvalue weighted by atomic mass is 10.2. The number of carboxylic acids is 1. The van der Waals surface area contributed by atoms with Crippen LogP contribution < -0.4 is 0 Å². The Labute approximate surface area is 75.3 Å². The van der Waals surface area contributed by atoms with E-state index in [2.05, 4.69) is 4.74 Å². The Balaban J connectivity index is 3.43. The SMILES string of the molecule is COC(=O)CSCC(C)C(=O)O. The molecule has 0 aliphatic carbocycles. The van der Waals surface area contributed by atoms with Crippen LogP contribution in [0.25, 0.3) is 0 Å². The fourth-order valence-corrected chi connectivity index (χ4v) is 1.35. The second kappa shape index (κ2) is 5.88. The van der Waals surface area contributed by atoms with Crippen LogP contribution in [0.3, 0.4) is 0 Å². The van der Waals surface area contributed by atoms with Gasteiger partial charge in [-0.25, -0.2) is 0 Å². The third-order valence-electron chi connectivity index (χ3n) is 1.24. The lowest BCUT2D eigenvalue weighted by Crippen LogP contribution is -2.13. The standard InChI is InChI=1S/C7H12O4S/c1-5(7(9)10)3-12-4-6(8)11-2/h5H,3-4H2,1-2H3,(H,9,10). The molecule has 4 nitrogen and oxygen atoms in total. The minimum absolute atomic E-state index is 0.216. The van der Waals surface area contributed by atoms with Gasteiger partial charge in [0.1, 0.15) is 0 Å². The first kappa shape index (κ1) is 11.3. The van der Waals surface area contributed by atoms with Gasteiger partial charge in [0.2, 0.25) is 0 Å². The summed E-state index contributed by atoms with van der Waals surface area (Å²) in [6.45, 7) is 1.60. The molecule has 0 radical (unpaired) electrons. The van der Waals surface area contributed by atoms with Crippen molar-refractivity contribution >= 4 is 23.7 Å². The van der Waals surface area contributed by atoms with Crippen molar-refractivity contribution in [1.29, 1.82) is 0 Å². The number of aliphatic carboxylic acids is 1. The van der Waals surface area contributed by atoms with Gasteiger partial charge in [-0.3, -0.25) is 9.59 Å². The van der Waals surface area contributed by atoms with Gasteiger partial charge in [-0.15, -0.1) is 11.8 Å². The molecule has 0 bridgehead atoms. The van der Waals surface area contributed by atoms with Gasteiger partial charge in [0.25, 0.3) is 0 Å². The minimum Gasteiger partial charge on any atom is -0.481 e. The largest absolute Gasteiger partial charge is 0.481 e. The van der Waals surface area contributed by atoms with Crippen LogP contribution in [-0.4, -0.2) is 35.7 Å². The molecule has 0 saturated carbocycles. The van der Waals surface area contributed by atoms with Gasteiger partial charge in [-0.2, -0.15) is 0 Å². The van der Waals surface area contributed by atoms with Gasteiger partial charge in [0, 0.05) is 5.75 Å². The van der Waals surface area contributed by atoms with Crippen LogP contribution >= 0.6 is 11.8 Å². The van der Waals surface area contributed by atoms with E-state index in [0.29, 0.717) is 5.75 Å². The third kappa shape index (κ3) is 5.01. The molecule has 12 heavy (non-hydrogen) atoms. The maximum absolute atomic E-state index is 10.6. The number of carbonyl (C=O) groups excluding carboxylic acids is 1. The minimum atomic E-state index is -0.840. The fourth-order valence-electron chi connectivity index (χ4n) is 0.449. The van der Waals surface area contributed by atoms with E-state index in [9.17, 15) is 9.59 Å². The van der Waals surface area contributed by atoms with Crippen molar-refractivity contribution < 1.29 is 19.4 Å². The highest BCUT2D eigenvalue weighted by Gasteiger charge is 2.11. The smallest absolute Gasteiger partial charge is 0.315 e. The average molecular weight is 192 g/mol. The van der Waals surface area contributed by atoms with Crippen molar-refractivity contribution in [3.63, 3.8) is 0 Å². The number of hydrogen-bond donors (Lipinski definition) is 1. The quantitative estimate of drug-likeness (QED) is 0.647. The Morgan fingerprint density at radius 3 is 2.58 bits per heavy atom. The molecule has 0 spiro atoms. The summed E-state index contributed by atoms with van der Waals surface area (Å²) in [5, 5.41) is 8.47. The molecule has 5 heteroatoms. The topological polar surface area (TPSA) is 63.6 Å². The number of methoxy groups -OCH3 is 1. The molecule has 0 fully saturated rings. The number of carbonyl (C=O) groups is 2. The highest BCUT2D eigenvalue weighted by atomic mass is 32.2. The van der Waals surface area contributed by atoms with Crippen LogP contribution in [0.1, 0.15) is 6.92 Å². The Morgan fingerprint density at radius 2 is 2.17 bits per heavy atom. The summed E-state index contributed by atoms with van der Waals surface area (Å²) in [5.74, 6) is -0.928. The first-order chi connectivity index (χ1) is 5.57. The number of rotatable bonds is 5. The number of ether oxygens (including phenoxy) is 1. The Kier molecular flexibility index (Phi) is 5.53. The van der Waals surface area contributed by atoms with Crippen LogP contribution in [0.5, 0.6) is 0 Å². The van der Waals surface area contributed by atoms with Gasteiger partial charge in [0.05, 0.1) is 18.8 Å². The third-order valence-corrected chi connectivity index (χ3v) is 2.41. The summed E-state index contributed by atoms with van der Waals surface area (Å²) in [6, 6.07) is 0. The zero-order valence-electron chi connectivity index (χ0n) is 7.07. The summed E-state index contributed by atoms with van der Waals surface area (Å²) in [7, 11) is 1.31. The predicted molar refractivity (Wildman–Crippen MR) is 46.1 cm³/mol. The molecule has 0 heterocycles. The number of esters is 1. The normalized spacial score (nSPS) is 12.2. The Morgan fingerprint density at radius 1 is 1.58 bits per heavy atom. The van der Waals surface area contributed by atoms with Crippen molar-refractivity contribution in [3.05, 3.63) is 0 Å². The number of thioether (sulfide) groups is 1. The van der Waals surface area contributed by atoms with E-state index in [4.69, 9.17) is 5.11 Å². The molecule has 1 atom stereocenters. The van der Waals surface area contributed by atoms with Crippen molar-refractivity contribution in [2.75, 3.05) is 18.6 Å². The van der Waals surface area contributed by atoms with E-state index in [0.717, 1.165) is 0 Å². The first-order valence-electron chi connectivity index (χ1n) is 3.45. The maximum Gasteiger partial charge on any atom is 0.315 e. The molecule has 0 amide bonds. The van der Waals surface area contributed by atoms with E-state index in [-0.39, 0.29) is 11.7 Å². The molecule has 0 aliphatic heterocycles. The van der Waals surface area contributed by atoms with Crippen molar-refractivity contribution in [2.24, 2.45) is 5.92 Å². The first-order valence-corrected chi connectivity index (χ1v) is 4.60. The van der Waals surface area contributed by atoms with Gasteiger partial charge < -0.3 is 9.84 Å². The number of carboxylic acid groups (broad SMARTS) is 1. The highest BCUT2D eigenvalue weighted by Crippen LogP contribution is 2.08. The van der Waals surface area contributed by atoms with E-state index < -0.39 is 11.9 Å². The molecule has 1 unspecified atom stereocenters. The zero-order valence-corrected chi connectivity index (χ0v) is 7.89. The molecule has 0 aromatic carbocycles. The Hall–Kier alpha value is -0.710. The zero-order chi connectivity index (χ0) is 9.56. The van der Waals surface area contributed by atoms with Gasteiger partial charge in [-0.05, 0) is 0 Å². The Bertz CT molecular complexity index is 169. The monoisotopic (exact) mass is 192 g/mol. The van der Waals surface area contributed by atoms with Gasteiger partial charge in [-0.1, -0.05) is 6.92 Å². The summed E-state index contributed by atoms with van der Waals surface area (Å²) in [5.41, 5.74) is 0. The van der Waals surface area contributed by atoms with Crippen molar-refractivity contribution in [2.45, 2.75) is 6.92 Å². The molecule has 0 aliphatic rings. The lowest BCUT2D eigenvalue weighted by molar-refractivity contribution is -0.140. The molecule has 0 aromatic rings. The molecule has 70 valence electrons. The van der Waals surface area contributed by atoms with Crippen LogP contribution in [0.15, 0.2) is 0 Å². The molecule has 1 N–H and O–H groups in total. The maximum atomic E-state index is 10.6. The summed E-state index contributed by atoms with van der Waals surface area (Å²) in [6.07, 6.45) is 0. The van der Waals surface area contributed by atoms with Crippen LogP contribution in [0, 0.1) is 5.92 Å². The highest BCUT2D eigenvalue weighted by molar-refractivity contribution is 7.99. The lowest BCUT2D eigenvalue weighted by Gasteiger charge is -2.03.